The van der Waals surface area contributed by atoms with Gasteiger partial charge in [0.2, 0.25) is 5.91 Å². The topological polar surface area (TPSA) is 58.6 Å². The minimum absolute atomic E-state index is 0.0144. The molecule has 1 saturated heterocycles. The van der Waals surface area contributed by atoms with E-state index >= 15 is 0 Å². The lowest BCUT2D eigenvalue weighted by Gasteiger charge is -2.47. The number of benzene rings is 1. The summed E-state index contributed by atoms with van der Waals surface area (Å²) in [5.74, 6) is 0.0144. The average molecular weight is 358 g/mol. The van der Waals surface area contributed by atoms with Crippen molar-refractivity contribution in [2.75, 3.05) is 13.1 Å². The van der Waals surface area contributed by atoms with E-state index in [0.29, 0.717) is 13.1 Å². The van der Waals surface area contributed by atoms with Gasteiger partial charge in [0.1, 0.15) is 5.60 Å². The Balaban J connectivity index is 1.76. The first-order valence-corrected chi connectivity index (χ1v) is 9.55. The van der Waals surface area contributed by atoms with Crippen LogP contribution in [-0.2, 0) is 14.9 Å². The van der Waals surface area contributed by atoms with Crippen molar-refractivity contribution in [2.24, 2.45) is 0 Å². The number of likely N-dealkylation sites (tertiary alicyclic amines) is 1. The van der Waals surface area contributed by atoms with Crippen LogP contribution in [0.5, 0.6) is 0 Å². The molecule has 0 bridgehead atoms. The molecular weight excluding hydrogens is 328 g/mol. The predicted octanol–water partition coefficient (Wildman–Crippen LogP) is 3.93. The molecule has 0 aromatic heterocycles. The Labute approximate surface area is 156 Å². The molecule has 1 aromatic rings. The molecule has 0 unspecified atom stereocenters. The molecule has 2 amide bonds. The van der Waals surface area contributed by atoms with Gasteiger partial charge in [-0.15, -0.1) is 0 Å². The van der Waals surface area contributed by atoms with Gasteiger partial charge < -0.3 is 15.0 Å². The standard InChI is InChI=1S/C21H30N2O3/c1-15(24)22-18-9-10-21(17-8-6-5-7-16(17)18)11-13-23(14-12-21)19(25)26-20(2,3)4/h5-8,18H,9-14H2,1-4H3,(H,22,24)/t18-/m1/s1. The summed E-state index contributed by atoms with van der Waals surface area (Å²) in [6.07, 6.45) is 3.65. The van der Waals surface area contributed by atoms with Gasteiger partial charge in [0, 0.05) is 20.0 Å². The molecule has 0 saturated carbocycles. The number of nitrogens with zero attached hydrogens (tertiary/aromatic N) is 1. The Morgan fingerprint density at radius 1 is 1.15 bits per heavy atom. The van der Waals surface area contributed by atoms with Gasteiger partial charge in [-0.3, -0.25) is 4.79 Å². The quantitative estimate of drug-likeness (QED) is 0.827. The van der Waals surface area contributed by atoms with Crippen LogP contribution >= 0.6 is 0 Å². The summed E-state index contributed by atoms with van der Waals surface area (Å²) in [4.78, 5) is 25.7. The zero-order valence-corrected chi connectivity index (χ0v) is 16.3. The normalized spacial score (nSPS) is 21.8. The number of ether oxygens (including phenoxy) is 1. The first-order chi connectivity index (χ1) is 12.2. The number of fused-ring (bicyclic) bond motifs is 2. The molecule has 1 atom stereocenters. The highest BCUT2D eigenvalue weighted by atomic mass is 16.6. The van der Waals surface area contributed by atoms with E-state index in [2.05, 4.69) is 23.5 Å². The van der Waals surface area contributed by atoms with Crippen LogP contribution in [0.15, 0.2) is 24.3 Å². The molecular formula is C21H30N2O3. The Kier molecular flexibility index (Phi) is 5.00. The summed E-state index contributed by atoms with van der Waals surface area (Å²) in [6, 6.07) is 8.56. The lowest BCUT2D eigenvalue weighted by atomic mass is 9.63. The average Bonchev–Trinajstić information content (AvgIpc) is 2.57. The third-order valence-corrected chi connectivity index (χ3v) is 5.57. The molecule has 5 heteroatoms. The molecule has 3 rings (SSSR count). The number of piperidine rings is 1. The van der Waals surface area contributed by atoms with Gasteiger partial charge in [-0.25, -0.2) is 4.79 Å². The Morgan fingerprint density at radius 2 is 1.81 bits per heavy atom. The van der Waals surface area contributed by atoms with Crippen molar-refractivity contribution >= 4 is 12.0 Å². The lowest BCUT2D eigenvalue weighted by molar-refractivity contribution is -0.119. The highest BCUT2D eigenvalue weighted by molar-refractivity contribution is 5.73. The summed E-state index contributed by atoms with van der Waals surface area (Å²) >= 11 is 0. The second-order valence-electron chi connectivity index (χ2n) is 8.63. The molecule has 2 aliphatic rings. The monoisotopic (exact) mass is 358 g/mol. The summed E-state index contributed by atoms with van der Waals surface area (Å²) < 4.78 is 5.52. The second kappa shape index (κ2) is 6.93. The van der Waals surface area contributed by atoms with Crippen molar-refractivity contribution in [3.63, 3.8) is 0 Å². The van der Waals surface area contributed by atoms with Crippen molar-refractivity contribution in [1.82, 2.24) is 10.2 Å². The summed E-state index contributed by atoms with van der Waals surface area (Å²) in [7, 11) is 0. The van der Waals surface area contributed by atoms with Crippen LogP contribution in [0.25, 0.3) is 0 Å². The van der Waals surface area contributed by atoms with E-state index in [4.69, 9.17) is 4.74 Å². The fourth-order valence-electron chi connectivity index (χ4n) is 4.35. The molecule has 1 N–H and O–H groups in total. The van der Waals surface area contributed by atoms with Gasteiger partial charge in [-0.2, -0.15) is 0 Å². The molecule has 1 heterocycles. The minimum atomic E-state index is -0.463. The number of carbonyl (C=O) groups excluding carboxylic acids is 2. The van der Waals surface area contributed by atoms with Gasteiger partial charge in [0.15, 0.2) is 0 Å². The van der Waals surface area contributed by atoms with Crippen molar-refractivity contribution in [2.45, 2.75) is 70.4 Å². The Bertz CT molecular complexity index is 685. The number of carbonyl (C=O) groups is 2. The maximum absolute atomic E-state index is 12.4. The Morgan fingerprint density at radius 3 is 2.42 bits per heavy atom. The summed E-state index contributed by atoms with van der Waals surface area (Å²) in [6.45, 7) is 8.70. The molecule has 1 spiro atoms. The second-order valence-corrected chi connectivity index (χ2v) is 8.63. The number of hydrogen-bond donors (Lipinski definition) is 1. The van der Waals surface area contributed by atoms with E-state index in [1.165, 1.54) is 11.1 Å². The molecule has 1 aliphatic heterocycles. The van der Waals surface area contributed by atoms with E-state index < -0.39 is 5.60 Å². The molecule has 142 valence electrons. The molecule has 1 aliphatic carbocycles. The number of rotatable bonds is 1. The fourth-order valence-corrected chi connectivity index (χ4v) is 4.35. The lowest BCUT2D eigenvalue weighted by Crippen LogP contribution is -2.49. The molecule has 26 heavy (non-hydrogen) atoms. The fraction of sp³-hybridized carbons (Fsp3) is 0.619. The molecule has 5 nitrogen and oxygen atoms in total. The number of nitrogens with one attached hydrogen (secondary N) is 1. The van der Waals surface area contributed by atoms with Crippen LogP contribution in [0.3, 0.4) is 0 Å². The van der Waals surface area contributed by atoms with Crippen LogP contribution < -0.4 is 5.32 Å². The zero-order chi connectivity index (χ0) is 18.9. The highest BCUT2D eigenvalue weighted by Crippen LogP contribution is 2.48. The maximum Gasteiger partial charge on any atom is 0.410 e. The van der Waals surface area contributed by atoms with Crippen molar-refractivity contribution in [3.05, 3.63) is 35.4 Å². The van der Waals surface area contributed by atoms with Crippen molar-refractivity contribution < 1.29 is 14.3 Å². The van der Waals surface area contributed by atoms with E-state index in [-0.39, 0.29) is 23.5 Å². The van der Waals surface area contributed by atoms with Gasteiger partial charge in [0.05, 0.1) is 6.04 Å². The van der Waals surface area contributed by atoms with E-state index in [0.717, 1.165) is 25.7 Å². The van der Waals surface area contributed by atoms with Crippen LogP contribution in [0.2, 0.25) is 0 Å². The third kappa shape index (κ3) is 3.87. The van der Waals surface area contributed by atoms with Gasteiger partial charge in [0.25, 0.3) is 0 Å². The smallest absolute Gasteiger partial charge is 0.410 e. The first kappa shape index (κ1) is 18.7. The van der Waals surface area contributed by atoms with E-state index in [1.54, 1.807) is 6.92 Å². The van der Waals surface area contributed by atoms with E-state index in [9.17, 15) is 9.59 Å². The third-order valence-electron chi connectivity index (χ3n) is 5.57. The van der Waals surface area contributed by atoms with Gasteiger partial charge in [-0.1, -0.05) is 24.3 Å². The molecule has 1 fully saturated rings. The van der Waals surface area contributed by atoms with E-state index in [1.807, 2.05) is 31.7 Å². The Hall–Kier alpha value is -2.04. The van der Waals surface area contributed by atoms with Crippen LogP contribution in [0.1, 0.15) is 70.5 Å². The van der Waals surface area contributed by atoms with Crippen LogP contribution in [-0.4, -0.2) is 35.6 Å². The highest BCUT2D eigenvalue weighted by Gasteiger charge is 2.43. The predicted molar refractivity (Wildman–Crippen MR) is 101 cm³/mol. The SMILES string of the molecule is CC(=O)N[C@@H]1CCC2(CCN(C(=O)OC(C)(C)C)CC2)c2ccccc21. The van der Waals surface area contributed by atoms with Crippen molar-refractivity contribution in [1.29, 1.82) is 0 Å². The maximum atomic E-state index is 12.4. The van der Waals surface area contributed by atoms with Gasteiger partial charge in [-0.05, 0) is 63.0 Å². The number of amides is 2. The number of hydrogen-bond acceptors (Lipinski definition) is 3. The summed E-state index contributed by atoms with van der Waals surface area (Å²) in [5.41, 5.74) is 2.22. The van der Waals surface area contributed by atoms with Crippen molar-refractivity contribution in [3.8, 4) is 0 Å². The van der Waals surface area contributed by atoms with Crippen LogP contribution in [0, 0.1) is 0 Å². The molecule has 0 radical (unpaired) electrons. The minimum Gasteiger partial charge on any atom is -0.444 e. The summed E-state index contributed by atoms with van der Waals surface area (Å²) in [5, 5.41) is 3.09. The first-order valence-electron chi connectivity index (χ1n) is 9.55. The zero-order valence-electron chi connectivity index (χ0n) is 16.3. The molecule has 1 aromatic carbocycles. The van der Waals surface area contributed by atoms with Crippen LogP contribution in [0.4, 0.5) is 4.79 Å². The largest absolute Gasteiger partial charge is 0.444 e. The van der Waals surface area contributed by atoms with Gasteiger partial charge >= 0.3 is 6.09 Å².